The van der Waals surface area contributed by atoms with E-state index in [1.54, 1.807) is 36.4 Å². The molecule has 0 spiro atoms. The van der Waals surface area contributed by atoms with Crippen molar-refractivity contribution in [3.63, 3.8) is 0 Å². The summed E-state index contributed by atoms with van der Waals surface area (Å²) < 4.78 is 11.3. The Bertz CT molecular complexity index is 724. The van der Waals surface area contributed by atoms with Gasteiger partial charge in [-0.2, -0.15) is 0 Å². The third-order valence-corrected chi connectivity index (χ3v) is 4.49. The van der Waals surface area contributed by atoms with Gasteiger partial charge in [0.2, 0.25) is 0 Å². The standard InChI is InChI=1S/C19H21ClN2O3/c1-24-18-8-7-14(20)11-17(18)19(23)22-10-4-6-16(12-22)25-13-15-5-2-3-9-21-15/h2-3,5,7-9,11,16H,4,6,10,12-13H2,1H3/t16-/m0/s1. The van der Waals surface area contributed by atoms with E-state index in [1.165, 1.54) is 0 Å². The van der Waals surface area contributed by atoms with Crippen LogP contribution in [-0.4, -0.2) is 42.1 Å². The molecule has 0 aliphatic carbocycles. The van der Waals surface area contributed by atoms with Gasteiger partial charge < -0.3 is 14.4 Å². The number of pyridine rings is 1. The number of carbonyl (C=O) groups is 1. The van der Waals surface area contributed by atoms with Gasteiger partial charge in [-0.1, -0.05) is 17.7 Å². The van der Waals surface area contributed by atoms with Gasteiger partial charge in [0, 0.05) is 24.3 Å². The van der Waals surface area contributed by atoms with E-state index in [-0.39, 0.29) is 12.0 Å². The van der Waals surface area contributed by atoms with Gasteiger partial charge in [-0.05, 0) is 43.2 Å². The Morgan fingerprint density at radius 2 is 2.24 bits per heavy atom. The molecule has 1 aliphatic rings. The Morgan fingerprint density at radius 3 is 3.00 bits per heavy atom. The molecule has 25 heavy (non-hydrogen) atoms. The molecule has 1 fully saturated rings. The predicted octanol–water partition coefficient (Wildman–Crippen LogP) is 3.57. The van der Waals surface area contributed by atoms with E-state index in [4.69, 9.17) is 21.1 Å². The second-order valence-electron chi connectivity index (χ2n) is 5.99. The van der Waals surface area contributed by atoms with Crippen molar-refractivity contribution < 1.29 is 14.3 Å². The van der Waals surface area contributed by atoms with Gasteiger partial charge in [-0.25, -0.2) is 0 Å². The van der Waals surface area contributed by atoms with Crippen LogP contribution in [0.3, 0.4) is 0 Å². The number of hydrogen-bond acceptors (Lipinski definition) is 4. The summed E-state index contributed by atoms with van der Waals surface area (Å²) >= 11 is 6.05. The minimum Gasteiger partial charge on any atom is -0.496 e. The fourth-order valence-electron chi connectivity index (χ4n) is 2.96. The fourth-order valence-corrected chi connectivity index (χ4v) is 3.14. The number of carbonyl (C=O) groups excluding carboxylic acids is 1. The van der Waals surface area contributed by atoms with Crippen LogP contribution in [0, 0.1) is 0 Å². The van der Waals surface area contributed by atoms with Crippen molar-refractivity contribution >= 4 is 17.5 Å². The summed E-state index contributed by atoms with van der Waals surface area (Å²) in [5.74, 6) is 0.455. The largest absolute Gasteiger partial charge is 0.496 e. The average molecular weight is 361 g/mol. The van der Waals surface area contributed by atoms with Crippen LogP contribution in [0.25, 0.3) is 0 Å². The normalized spacial score (nSPS) is 17.4. The molecule has 1 atom stereocenters. The highest BCUT2D eigenvalue weighted by molar-refractivity contribution is 6.31. The summed E-state index contributed by atoms with van der Waals surface area (Å²) in [7, 11) is 1.55. The van der Waals surface area contributed by atoms with Gasteiger partial charge in [0.15, 0.2) is 0 Å². The van der Waals surface area contributed by atoms with Gasteiger partial charge in [-0.15, -0.1) is 0 Å². The number of benzene rings is 1. The first-order chi connectivity index (χ1) is 12.2. The molecule has 1 aromatic heterocycles. The maximum Gasteiger partial charge on any atom is 0.257 e. The molecule has 132 valence electrons. The number of methoxy groups -OCH3 is 1. The van der Waals surface area contributed by atoms with Gasteiger partial charge in [0.1, 0.15) is 5.75 Å². The number of amides is 1. The molecular weight excluding hydrogens is 340 g/mol. The first-order valence-electron chi connectivity index (χ1n) is 8.31. The van der Waals surface area contributed by atoms with Gasteiger partial charge in [-0.3, -0.25) is 9.78 Å². The number of ether oxygens (including phenoxy) is 2. The van der Waals surface area contributed by atoms with Crippen LogP contribution in [0.5, 0.6) is 5.75 Å². The molecule has 1 saturated heterocycles. The van der Waals surface area contributed by atoms with Crippen molar-refractivity contribution in [2.24, 2.45) is 0 Å². The van der Waals surface area contributed by atoms with Crippen LogP contribution in [-0.2, 0) is 11.3 Å². The summed E-state index contributed by atoms with van der Waals surface area (Å²) in [6.07, 6.45) is 3.59. The lowest BCUT2D eigenvalue weighted by Crippen LogP contribution is -2.43. The van der Waals surface area contributed by atoms with E-state index < -0.39 is 0 Å². The topological polar surface area (TPSA) is 51.7 Å². The Hall–Kier alpha value is -2.11. The Balaban J connectivity index is 1.64. The minimum atomic E-state index is -0.0783. The maximum absolute atomic E-state index is 12.9. The van der Waals surface area contributed by atoms with E-state index in [1.807, 2.05) is 18.2 Å². The van der Waals surface area contributed by atoms with Crippen LogP contribution in [0.1, 0.15) is 28.9 Å². The molecule has 2 heterocycles. The summed E-state index contributed by atoms with van der Waals surface area (Å²) in [5, 5.41) is 0.518. The Labute approximate surface area is 152 Å². The SMILES string of the molecule is COc1ccc(Cl)cc1C(=O)N1CCC[C@H](OCc2ccccn2)C1. The van der Waals surface area contributed by atoms with Crippen LogP contribution in [0.15, 0.2) is 42.6 Å². The lowest BCUT2D eigenvalue weighted by Gasteiger charge is -2.33. The van der Waals surface area contributed by atoms with Gasteiger partial charge >= 0.3 is 0 Å². The summed E-state index contributed by atoms with van der Waals surface area (Å²) in [6.45, 7) is 1.72. The highest BCUT2D eigenvalue weighted by atomic mass is 35.5. The number of piperidine rings is 1. The zero-order valence-electron chi connectivity index (χ0n) is 14.2. The molecule has 3 rings (SSSR count). The maximum atomic E-state index is 12.9. The molecule has 0 radical (unpaired) electrons. The van der Waals surface area contributed by atoms with Gasteiger partial charge in [0.05, 0.1) is 31.1 Å². The smallest absolute Gasteiger partial charge is 0.257 e. The highest BCUT2D eigenvalue weighted by Gasteiger charge is 2.27. The predicted molar refractivity (Wildman–Crippen MR) is 96.0 cm³/mol. The highest BCUT2D eigenvalue weighted by Crippen LogP contribution is 2.26. The minimum absolute atomic E-state index is 0.00452. The van der Waals surface area contributed by atoms with Gasteiger partial charge in [0.25, 0.3) is 5.91 Å². The molecule has 5 nitrogen and oxygen atoms in total. The van der Waals surface area contributed by atoms with E-state index >= 15 is 0 Å². The first kappa shape index (κ1) is 17.7. The summed E-state index contributed by atoms with van der Waals surface area (Å²) in [5.41, 5.74) is 1.38. The number of halogens is 1. The van der Waals surface area contributed by atoms with E-state index in [0.717, 1.165) is 18.5 Å². The fraction of sp³-hybridized carbons (Fsp3) is 0.368. The second-order valence-corrected chi connectivity index (χ2v) is 6.43. The van der Waals surface area contributed by atoms with E-state index in [2.05, 4.69) is 4.98 Å². The van der Waals surface area contributed by atoms with Crippen molar-refractivity contribution in [2.75, 3.05) is 20.2 Å². The lowest BCUT2D eigenvalue weighted by molar-refractivity contribution is -0.00792. The lowest BCUT2D eigenvalue weighted by atomic mass is 10.1. The molecule has 2 aromatic rings. The van der Waals surface area contributed by atoms with Crippen molar-refractivity contribution in [1.29, 1.82) is 0 Å². The summed E-state index contributed by atoms with van der Waals surface area (Å²) in [6, 6.07) is 10.8. The number of nitrogens with zero attached hydrogens (tertiary/aromatic N) is 2. The van der Waals surface area contributed by atoms with E-state index in [9.17, 15) is 4.79 Å². The molecule has 0 unspecified atom stereocenters. The van der Waals surface area contributed by atoms with E-state index in [0.29, 0.717) is 36.0 Å². The number of aromatic nitrogens is 1. The van der Waals surface area contributed by atoms with Crippen LogP contribution in [0.2, 0.25) is 5.02 Å². The molecule has 0 N–H and O–H groups in total. The zero-order valence-corrected chi connectivity index (χ0v) is 14.9. The zero-order chi connectivity index (χ0) is 17.6. The molecule has 1 amide bonds. The average Bonchev–Trinajstić information content (AvgIpc) is 2.67. The van der Waals surface area contributed by atoms with Crippen LogP contribution in [0.4, 0.5) is 0 Å². The number of hydrogen-bond donors (Lipinski definition) is 0. The molecule has 0 saturated carbocycles. The quantitative estimate of drug-likeness (QED) is 0.818. The third kappa shape index (κ3) is 4.50. The van der Waals surface area contributed by atoms with Crippen LogP contribution >= 0.6 is 11.6 Å². The first-order valence-corrected chi connectivity index (χ1v) is 8.69. The van der Waals surface area contributed by atoms with Crippen LogP contribution < -0.4 is 4.74 Å². The Morgan fingerprint density at radius 1 is 1.36 bits per heavy atom. The van der Waals surface area contributed by atoms with Crippen molar-refractivity contribution in [3.05, 3.63) is 58.9 Å². The Kier molecular flexibility index (Phi) is 5.89. The summed E-state index contributed by atoms with van der Waals surface area (Å²) in [4.78, 5) is 18.9. The molecule has 1 aliphatic heterocycles. The van der Waals surface area contributed by atoms with Crippen molar-refractivity contribution in [2.45, 2.75) is 25.6 Å². The molecule has 1 aromatic carbocycles. The van der Waals surface area contributed by atoms with Crippen molar-refractivity contribution in [3.8, 4) is 5.75 Å². The second kappa shape index (κ2) is 8.32. The number of likely N-dealkylation sites (tertiary alicyclic amines) is 1. The molecular formula is C19H21ClN2O3. The third-order valence-electron chi connectivity index (χ3n) is 4.25. The van der Waals surface area contributed by atoms with Crippen molar-refractivity contribution in [1.82, 2.24) is 9.88 Å². The number of rotatable bonds is 5. The molecule has 6 heteroatoms. The molecule has 0 bridgehead atoms. The monoisotopic (exact) mass is 360 g/mol.